The van der Waals surface area contributed by atoms with Crippen LogP contribution >= 0.6 is 0 Å². The molecule has 0 spiro atoms. The summed E-state index contributed by atoms with van der Waals surface area (Å²) >= 11 is 0. The Morgan fingerprint density at radius 2 is 2.15 bits per heavy atom. The van der Waals surface area contributed by atoms with Gasteiger partial charge in [-0.1, -0.05) is 19.3 Å². The number of aromatic nitrogens is 3. The third kappa shape index (κ3) is 3.28. The number of nitrogens with one attached hydrogen (secondary N) is 1. The summed E-state index contributed by atoms with van der Waals surface area (Å²) in [5, 5.41) is 7.99. The van der Waals surface area contributed by atoms with Gasteiger partial charge in [-0.3, -0.25) is 4.68 Å². The maximum absolute atomic E-state index is 5.42. The summed E-state index contributed by atoms with van der Waals surface area (Å²) in [6.45, 7) is 3.30. The fourth-order valence-electron chi connectivity index (χ4n) is 2.80. The van der Waals surface area contributed by atoms with Crippen molar-refractivity contribution in [3.05, 3.63) is 35.8 Å². The average Bonchev–Trinajstić information content (AvgIpc) is 3.09. The number of nitrogens with zero attached hydrogens (tertiary/aromatic N) is 3. The van der Waals surface area contributed by atoms with Gasteiger partial charge in [0.25, 0.3) is 0 Å². The Bertz CT molecular complexity index is 540. The van der Waals surface area contributed by atoms with Gasteiger partial charge in [-0.15, -0.1) is 0 Å². The zero-order chi connectivity index (χ0) is 13.8. The molecule has 1 aliphatic carbocycles. The first-order valence-corrected chi connectivity index (χ1v) is 7.47. The standard InChI is InChI=1S/C15H22N4O/c1-12-9-17-15(20-12)11-16-10-13-7-8-19(18-13)14-5-3-2-4-6-14/h7-9,14,16H,2-6,10-11H2,1H3. The summed E-state index contributed by atoms with van der Waals surface area (Å²) in [6, 6.07) is 2.70. The normalized spacial score (nSPS) is 16.6. The van der Waals surface area contributed by atoms with E-state index < -0.39 is 0 Å². The molecule has 0 unspecified atom stereocenters. The van der Waals surface area contributed by atoms with E-state index in [-0.39, 0.29) is 0 Å². The summed E-state index contributed by atoms with van der Waals surface area (Å²) in [7, 11) is 0. The van der Waals surface area contributed by atoms with Crippen molar-refractivity contribution in [1.29, 1.82) is 0 Å². The van der Waals surface area contributed by atoms with E-state index in [0.717, 1.165) is 23.9 Å². The van der Waals surface area contributed by atoms with Crippen LogP contribution in [0.3, 0.4) is 0 Å². The van der Waals surface area contributed by atoms with Gasteiger partial charge in [0.1, 0.15) is 5.76 Å². The predicted octanol–water partition coefficient (Wildman–Crippen LogP) is 2.97. The lowest BCUT2D eigenvalue weighted by Crippen LogP contribution is -2.16. The van der Waals surface area contributed by atoms with Gasteiger partial charge in [-0.05, 0) is 25.8 Å². The molecule has 108 valence electrons. The third-order valence-corrected chi connectivity index (χ3v) is 3.86. The maximum Gasteiger partial charge on any atom is 0.208 e. The van der Waals surface area contributed by atoms with Gasteiger partial charge in [0.05, 0.1) is 24.5 Å². The average molecular weight is 274 g/mol. The molecular formula is C15H22N4O. The van der Waals surface area contributed by atoms with E-state index in [0.29, 0.717) is 12.6 Å². The van der Waals surface area contributed by atoms with Crippen molar-refractivity contribution in [3.8, 4) is 0 Å². The van der Waals surface area contributed by atoms with Gasteiger partial charge in [0, 0.05) is 12.7 Å². The molecule has 0 aliphatic heterocycles. The highest BCUT2D eigenvalue weighted by molar-refractivity contribution is 5.00. The minimum atomic E-state index is 0.604. The summed E-state index contributed by atoms with van der Waals surface area (Å²) in [5.74, 6) is 1.58. The molecule has 2 aromatic heterocycles. The Kier molecular flexibility index (Phi) is 4.16. The topological polar surface area (TPSA) is 55.9 Å². The van der Waals surface area contributed by atoms with Crippen LogP contribution in [0.5, 0.6) is 0 Å². The lowest BCUT2D eigenvalue weighted by atomic mass is 9.96. The largest absolute Gasteiger partial charge is 0.445 e. The van der Waals surface area contributed by atoms with E-state index in [9.17, 15) is 0 Å². The summed E-state index contributed by atoms with van der Waals surface area (Å²) in [6.07, 6.45) is 10.4. The highest BCUT2D eigenvalue weighted by Gasteiger charge is 2.15. The Hall–Kier alpha value is -1.62. The number of rotatable bonds is 5. The van der Waals surface area contributed by atoms with Crippen LogP contribution in [0.2, 0.25) is 0 Å². The van der Waals surface area contributed by atoms with Gasteiger partial charge >= 0.3 is 0 Å². The van der Waals surface area contributed by atoms with Crippen molar-refractivity contribution in [2.24, 2.45) is 0 Å². The van der Waals surface area contributed by atoms with E-state index in [4.69, 9.17) is 4.42 Å². The molecule has 1 fully saturated rings. The quantitative estimate of drug-likeness (QED) is 0.910. The van der Waals surface area contributed by atoms with Crippen molar-refractivity contribution in [1.82, 2.24) is 20.1 Å². The number of oxazole rings is 1. The molecule has 1 N–H and O–H groups in total. The minimum Gasteiger partial charge on any atom is -0.445 e. The van der Waals surface area contributed by atoms with Crippen LogP contribution in [0.4, 0.5) is 0 Å². The van der Waals surface area contributed by atoms with Crippen molar-refractivity contribution in [2.45, 2.75) is 58.2 Å². The van der Waals surface area contributed by atoms with Crippen LogP contribution in [0, 0.1) is 6.92 Å². The molecule has 2 heterocycles. The Balaban J connectivity index is 1.49. The predicted molar refractivity (Wildman–Crippen MR) is 76.1 cm³/mol. The smallest absolute Gasteiger partial charge is 0.208 e. The van der Waals surface area contributed by atoms with Gasteiger partial charge < -0.3 is 9.73 Å². The second-order valence-electron chi connectivity index (χ2n) is 5.55. The van der Waals surface area contributed by atoms with Crippen molar-refractivity contribution >= 4 is 0 Å². The van der Waals surface area contributed by atoms with Crippen LogP contribution in [0.15, 0.2) is 22.9 Å². The molecule has 0 bridgehead atoms. The molecule has 3 rings (SSSR count). The van der Waals surface area contributed by atoms with Gasteiger partial charge in [0.2, 0.25) is 5.89 Å². The van der Waals surface area contributed by atoms with Crippen molar-refractivity contribution in [3.63, 3.8) is 0 Å². The number of aryl methyl sites for hydroxylation is 1. The highest BCUT2D eigenvalue weighted by Crippen LogP contribution is 2.27. The first-order chi connectivity index (χ1) is 9.81. The van der Waals surface area contributed by atoms with Crippen LogP contribution in [0.1, 0.15) is 55.5 Å². The monoisotopic (exact) mass is 274 g/mol. The Labute approximate surface area is 119 Å². The van der Waals surface area contributed by atoms with Crippen LogP contribution in [-0.4, -0.2) is 14.8 Å². The lowest BCUT2D eigenvalue weighted by Gasteiger charge is -2.21. The Morgan fingerprint density at radius 1 is 1.30 bits per heavy atom. The Morgan fingerprint density at radius 3 is 2.90 bits per heavy atom. The molecule has 1 saturated carbocycles. The maximum atomic E-state index is 5.42. The molecule has 5 heteroatoms. The number of hydrogen-bond acceptors (Lipinski definition) is 4. The molecule has 0 saturated heterocycles. The first kappa shape index (κ1) is 13.4. The molecule has 1 aliphatic rings. The fraction of sp³-hybridized carbons (Fsp3) is 0.600. The van der Waals surface area contributed by atoms with Gasteiger partial charge in [-0.2, -0.15) is 5.10 Å². The van der Waals surface area contributed by atoms with Crippen LogP contribution in [-0.2, 0) is 13.1 Å². The van der Waals surface area contributed by atoms with E-state index in [1.165, 1.54) is 32.1 Å². The molecule has 0 amide bonds. The zero-order valence-corrected chi connectivity index (χ0v) is 12.0. The van der Waals surface area contributed by atoms with E-state index in [1.54, 1.807) is 6.20 Å². The van der Waals surface area contributed by atoms with Gasteiger partial charge in [0.15, 0.2) is 0 Å². The summed E-state index contributed by atoms with van der Waals surface area (Å²) in [4.78, 5) is 4.17. The molecule has 0 aromatic carbocycles. The number of hydrogen-bond donors (Lipinski definition) is 1. The second kappa shape index (κ2) is 6.22. The first-order valence-electron chi connectivity index (χ1n) is 7.47. The van der Waals surface area contributed by atoms with Crippen LogP contribution in [0.25, 0.3) is 0 Å². The van der Waals surface area contributed by atoms with Gasteiger partial charge in [-0.25, -0.2) is 4.98 Å². The summed E-state index contributed by atoms with van der Waals surface area (Å²) < 4.78 is 7.57. The molecule has 0 radical (unpaired) electrons. The van der Waals surface area contributed by atoms with E-state index in [1.807, 2.05) is 6.92 Å². The molecule has 0 atom stereocenters. The van der Waals surface area contributed by atoms with Crippen LogP contribution < -0.4 is 5.32 Å². The fourth-order valence-corrected chi connectivity index (χ4v) is 2.80. The molecule has 5 nitrogen and oxygen atoms in total. The van der Waals surface area contributed by atoms with E-state index in [2.05, 4.69) is 32.3 Å². The zero-order valence-electron chi connectivity index (χ0n) is 12.0. The second-order valence-corrected chi connectivity index (χ2v) is 5.55. The lowest BCUT2D eigenvalue weighted by molar-refractivity contribution is 0.327. The minimum absolute atomic E-state index is 0.604. The highest BCUT2D eigenvalue weighted by atomic mass is 16.4. The molecule has 20 heavy (non-hydrogen) atoms. The van der Waals surface area contributed by atoms with Crippen molar-refractivity contribution in [2.75, 3.05) is 0 Å². The summed E-state index contributed by atoms with van der Waals surface area (Å²) in [5.41, 5.74) is 1.08. The molecular weight excluding hydrogens is 252 g/mol. The van der Waals surface area contributed by atoms with E-state index >= 15 is 0 Å². The third-order valence-electron chi connectivity index (χ3n) is 3.86. The molecule has 2 aromatic rings. The SMILES string of the molecule is Cc1cnc(CNCc2ccn(C3CCCCC3)n2)o1. The van der Waals surface area contributed by atoms with Crippen molar-refractivity contribution < 1.29 is 4.42 Å².